The molecule has 0 unspecified atom stereocenters. The fourth-order valence-corrected chi connectivity index (χ4v) is 4.25. The molecule has 0 bridgehead atoms. The third-order valence-electron chi connectivity index (χ3n) is 5.88. The number of morpholine rings is 1. The molecule has 2 fully saturated rings. The van der Waals surface area contributed by atoms with Crippen LogP contribution in [0.3, 0.4) is 0 Å². The zero-order valence-electron chi connectivity index (χ0n) is 18.6. The molecule has 0 aliphatic carbocycles. The second-order valence-corrected chi connectivity index (χ2v) is 8.48. The van der Waals surface area contributed by atoms with Crippen LogP contribution in [0.15, 0.2) is 34.9 Å². The normalized spacial score (nSPS) is 18.6. The lowest BCUT2D eigenvalue weighted by atomic mass is 9.89. The van der Waals surface area contributed by atoms with Crippen LogP contribution < -0.4 is 10.1 Å². The molecule has 2 aromatic rings. The van der Waals surface area contributed by atoms with Gasteiger partial charge in [-0.1, -0.05) is 5.16 Å². The highest BCUT2D eigenvalue weighted by Gasteiger charge is 2.41. The van der Waals surface area contributed by atoms with Gasteiger partial charge in [0.15, 0.2) is 5.69 Å². The van der Waals surface area contributed by atoms with Crippen molar-refractivity contribution in [2.75, 3.05) is 44.6 Å². The fraction of sp³-hybridized carbons (Fsp3) is 0.500. The van der Waals surface area contributed by atoms with Crippen LogP contribution in [0.2, 0.25) is 0 Å². The van der Waals surface area contributed by atoms with Crippen molar-refractivity contribution in [1.82, 2.24) is 15.0 Å². The summed E-state index contributed by atoms with van der Waals surface area (Å²) in [4.78, 5) is 28.8. The molecule has 2 aliphatic rings. The Morgan fingerprint density at radius 3 is 2.50 bits per heavy atom. The molecule has 0 radical (unpaired) electrons. The average Bonchev–Trinajstić information content (AvgIpc) is 3.20. The summed E-state index contributed by atoms with van der Waals surface area (Å²) in [7, 11) is 0. The lowest BCUT2D eigenvalue weighted by molar-refractivity contribution is -0.274. The number of halogens is 3. The highest BCUT2D eigenvalue weighted by Crippen LogP contribution is 2.31. The largest absolute Gasteiger partial charge is 0.573 e. The van der Waals surface area contributed by atoms with Crippen molar-refractivity contribution in [3.63, 3.8) is 0 Å². The number of nitrogens with zero attached hydrogens (tertiary/aromatic N) is 3. The van der Waals surface area contributed by atoms with Gasteiger partial charge in [-0.05, 0) is 44.0 Å². The van der Waals surface area contributed by atoms with Crippen molar-refractivity contribution in [3.8, 4) is 5.75 Å². The molecule has 12 heteroatoms. The van der Waals surface area contributed by atoms with E-state index in [1.54, 1.807) is 17.9 Å². The number of aromatic nitrogens is 1. The Hall–Kier alpha value is -3.12. The molecule has 34 heavy (non-hydrogen) atoms. The summed E-state index contributed by atoms with van der Waals surface area (Å²) in [6.07, 6.45) is -3.50. The van der Waals surface area contributed by atoms with Crippen molar-refractivity contribution >= 4 is 17.5 Å². The number of amides is 2. The Labute approximate surface area is 193 Å². The molecule has 184 valence electrons. The molecule has 2 saturated heterocycles. The van der Waals surface area contributed by atoms with E-state index in [9.17, 15) is 22.8 Å². The summed E-state index contributed by atoms with van der Waals surface area (Å²) >= 11 is 0. The van der Waals surface area contributed by atoms with Gasteiger partial charge in [0.05, 0.1) is 18.8 Å². The molecule has 3 heterocycles. The highest BCUT2D eigenvalue weighted by atomic mass is 19.4. The zero-order chi connectivity index (χ0) is 24.3. The van der Waals surface area contributed by atoms with Crippen molar-refractivity contribution < 1.29 is 36.8 Å². The molecule has 0 atom stereocenters. The first-order valence-corrected chi connectivity index (χ1v) is 10.9. The summed E-state index contributed by atoms with van der Waals surface area (Å²) < 4.78 is 51.7. The molecular weight excluding hydrogens is 457 g/mol. The van der Waals surface area contributed by atoms with Gasteiger partial charge >= 0.3 is 6.36 Å². The molecule has 2 amide bonds. The summed E-state index contributed by atoms with van der Waals surface area (Å²) in [5.74, 6) is -0.239. The van der Waals surface area contributed by atoms with Crippen LogP contribution in [0.1, 0.15) is 29.1 Å². The lowest BCUT2D eigenvalue weighted by Crippen LogP contribution is -2.58. The third kappa shape index (κ3) is 6.06. The van der Waals surface area contributed by atoms with Gasteiger partial charge < -0.3 is 24.2 Å². The first-order valence-electron chi connectivity index (χ1n) is 10.9. The molecule has 1 spiro atoms. The number of rotatable bonds is 5. The Bertz CT molecular complexity index is 1020. The van der Waals surface area contributed by atoms with Crippen LogP contribution in [0, 0.1) is 6.92 Å². The predicted molar refractivity (Wildman–Crippen MR) is 113 cm³/mol. The molecule has 2 aliphatic heterocycles. The highest BCUT2D eigenvalue weighted by molar-refractivity contribution is 5.92. The van der Waals surface area contributed by atoms with Crippen LogP contribution >= 0.6 is 0 Å². The molecule has 1 N–H and O–H groups in total. The number of likely N-dealkylation sites (tertiary alicyclic amines) is 1. The van der Waals surface area contributed by atoms with Crippen LogP contribution in [0.25, 0.3) is 0 Å². The number of carbonyl (C=O) groups is 2. The minimum atomic E-state index is -4.77. The van der Waals surface area contributed by atoms with Gasteiger partial charge in [0.1, 0.15) is 11.5 Å². The Balaban J connectivity index is 1.27. The van der Waals surface area contributed by atoms with Gasteiger partial charge in [0, 0.05) is 37.9 Å². The van der Waals surface area contributed by atoms with E-state index in [1.807, 2.05) is 4.90 Å². The summed E-state index contributed by atoms with van der Waals surface area (Å²) in [6, 6.07) is 6.59. The maximum absolute atomic E-state index is 12.6. The Morgan fingerprint density at radius 1 is 1.18 bits per heavy atom. The number of hydrogen-bond donors (Lipinski definition) is 1. The fourth-order valence-electron chi connectivity index (χ4n) is 4.25. The molecule has 1 aromatic heterocycles. The lowest BCUT2D eigenvalue weighted by Gasteiger charge is -2.47. The standard InChI is InChI=1S/C22H25F3N4O5/c1-15-12-18(27-34-15)20(31)29-8-6-21(7-9-29)14-28(10-11-32-21)13-19(30)26-16-2-4-17(5-3-16)33-22(23,24)25/h2-5,12H,6-11,13-14H2,1H3,(H,26,30). The third-order valence-corrected chi connectivity index (χ3v) is 5.88. The van der Waals surface area contributed by atoms with Gasteiger partial charge in [-0.2, -0.15) is 0 Å². The molecule has 4 rings (SSSR count). The van der Waals surface area contributed by atoms with Gasteiger partial charge in [0.25, 0.3) is 5.91 Å². The minimum absolute atomic E-state index is 0.118. The van der Waals surface area contributed by atoms with Gasteiger partial charge in [-0.3, -0.25) is 14.5 Å². The van der Waals surface area contributed by atoms with Crippen molar-refractivity contribution in [1.29, 1.82) is 0 Å². The maximum Gasteiger partial charge on any atom is 0.573 e. The molecule has 1 aromatic carbocycles. The monoisotopic (exact) mass is 482 g/mol. The second kappa shape index (κ2) is 9.63. The van der Waals surface area contributed by atoms with Crippen molar-refractivity contribution in [3.05, 3.63) is 41.8 Å². The first kappa shape index (κ1) is 24.0. The molecule has 0 saturated carbocycles. The van der Waals surface area contributed by atoms with Gasteiger partial charge in [-0.15, -0.1) is 13.2 Å². The number of aryl methyl sites for hydroxylation is 1. The predicted octanol–water partition coefficient (Wildman–Crippen LogP) is 2.83. The van der Waals surface area contributed by atoms with E-state index >= 15 is 0 Å². The number of nitrogens with one attached hydrogen (secondary N) is 1. The minimum Gasteiger partial charge on any atom is -0.406 e. The number of alkyl halides is 3. The average molecular weight is 482 g/mol. The van der Waals surface area contributed by atoms with E-state index in [0.29, 0.717) is 57.1 Å². The molecular formula is C22H25F3N4O5. The van der Waals surface area contributed by atoms with Crippen molar-refractivity contribution in [2.24, 2.45) is 0 Å². The van der Waals surface area contributed by atoms with Crippen LogP contribution in [0.4, 0.5) is 18.9 Å². The van der Waals surface area contributed by atoms with Gasteiger partial charge in [0.2, 0.25) is 5.91 Å². The first-order chi connectivity index (χ1) is 16.1. The SMILES string of the molecule is Cc1cc(C(=O)N2CCC3(CC2)CN(CC(=O)Nc2ccc(OC(F)(F)F)cc2)CCO3)no1. The number of hydrogen-bond acceptors (Lipinski definition) is 7. The summed E-state index contributed by atoms with van der Waals surface area (Å²) in [6.45, 7) is 4.46. The number of carbonyl (C=O) groups excluding carboxylic acids is 2. The van der Waals surface area contributed by atoms with E-state index in [1.165, 1.54) is 12.1 Å². The number of piperidine rings is 1. The van der Waals surface area contributed by atoms with Crippen molar-refractivity contribution in [2.45, 2.75) is 31.7 Å². The molecule has 9 nitrogen and oxygen atoms in total. The second-order valence-electron chi connectivity index (χ2n) is 8.48. The van der Waals surface area contributed by atoms with E-state index in [4.69, 9.17) is 9.26 Å². The Kier molecular flexibility index (Phi) is 6.80. The van der Waals surface area contributed by atoms with Gasteiger partial charge in [-0.25, -0.2) is 0 Å². The smallest absolute Gasteiger partial charge is 0.406 e. The van der Waals surface area contributed by atoms with E-state index < -0.39 is 12.0 Å². The van der Waals surface area contributed by atoms with E-state index in [-0.39, 0.29) is 29.8 Å². The number of benzene rings is 1. The summed E-state index contributed by atoms with van der Waals surface area (Å²) in [5.41, 5.74) is 0.220. The van der Waals surface area contributed by atoms with Crippen LogP contribution in [0.5, 0.6) is 5.75 Å². The number of anilines is 1. The quantitative estimate of drug-likeness (QED) is 0.700. The van der Waals surface area contributed by atoms with E-state index in [2.05, 4.69) is 15.2 Å². The van der Waals surface area contributed by atoms with Crippen LogP contribution in [-0.4, -0.2) is 78.1 Å². The Morgan fingerprint density at radius 2 is 1.88 bits per heavy atom. The summed E-state index contributed by atoms with van der Waals surface area (Å²) in [5, 5.41) is 6.47. The number of ether oxygens (including phenoxy) is 2. The van der Waals surface area contributed by atoms with Crippen LogP contribution in [-0.2, 0) is 9.53 Å². The zero-order valence-corrected chi connectivity index (χ0v) is 18.6. The maximum atomic E-state index is 12.6. The topological polar surface area (TPSA) is 97.1 Å². The van der Waals surface area contributed by atoms with E-state index in [0.717, 1.165) is 12.1 Å².